The van der Waals surface area contributed by atoms with Gasteiger partial charge in [-0.2, -0.15) is 9.97 Å². The Morgan fingerprint density at radius 2 is 2.10 bits per heavy atom. The Labute approximate surface area is 173 Å². The van der Waals surface area contributed by atoms with E-state index in [9.17, 15) is 4.79 Å². The van der Waals surface area contributed by atoms with E-state index in [0.29, 0.717) is 43.0 Å². The Kier molecular flexibility index (Phi) is 5.66. The van der Waals surface area contributed by atoms with Crippen molar-refractivity contribution in [1.82, 2.24) is 24.8 Å². The molecule has 3 aromatic rings. The lowest BCUT2D eigenvalue weighted by Gasteiger charge is -2.36. The number of H-pyrrole nitrogens is 1. The van der Waals surface area contributed by atoms with Crippen molar-refractivity contribution in [2.45, 2.75) is 6.42 Å². The Balaban J connectivity index is 1.28. The molecule has 152 valence electrons. The number of nitrogens with zero attached hydrogens (tertiary/aromatic N) is 5. The summed E-state index contributed by atoms with van der Waals surface area (Å²) in [6.45, 7) is 3.43. The SMILES string of the molecule is COc1cccc(N2CCN(C(=O)CCNc3nc(Cl)nc4nc[nH]c34)CC2)c1. The molecule has 1 aliphatic heterocycles. The quantitative estimate of drug-likeness (QED) is 0.595. The van der Waals surface area contributed by atoms with Gasteiger partial charge in [0.2, 0.25) is 11.2 Å². The van der Waals surface area contributed by atoms with Crippen LogP contribution < -0.4 is 15.0 Å². The molecule has 0 radical (unpaired) electrons. The number of fused-ring (bicyclic) bond motifs is 1. The fourth-order valence-electron chi connectivity index (χ4n) is 3.40. The third-order valence-corrected chi connectivity index (χ3v) is 5.11. The van der Waals surface area contributed by atoms with E-state index >= 15 is 0 Å². The number of ether oxygens (including phenoxy) is 1. The van der Waals surface area contributed by atoms with Crippen molar-refractivity contribution in [3.05, 3.63) is 35.9 Å². The molecule has 0 aliphatic carbocycles. The van der Waals surface area contributed by atoms with Crippen LogP contribution in [0.1, 0.15) is 6.42 Å². The van der Waals surface area contributed by atoms with Crippen LogP contribution in [0.3, 0.4) is 0 Å². The van der Waals surface area contributed by atoms with Crippen molar-refractivity contribution in [2.24, 2.45) is 0 Å². The van der Waals surface area contributed by atoms with Crippen LogP contribution >= 0.6 is 11.6 Å². The lowest BCUT2D eigenvalue weighted by molar-refractivity contribution is -0.131. The summed E-state index contributed by atoms with van der Waals surface area (Å²) in [4.78, 5) is 32.0. The van der Waals surface area contributed by atoms with Gasteiger partial charge in [0.15, 0.2) is 11.5 Å². The summed E-state index contributed by atoms with van der Waals surface area (Å²) in [6.07, 6.45) is 1.91. The monoisotopic (exact) mass is 415 g/mol. The van der Waals surface area contributed by atoms with E-state index in [1.807, 2.05) is 23.1 Å². The Bertz CT molecular complexity index is 1000. The van der Waals surface area contributed by atoms with E-state index in [1.165, 1.54) is 6.33 Å². The Morgan fingerprint density at radius 1 is 1.28 bits per heavy atom. The number of imidazole rings is 1. The van der Waals surface area contributed by atoms with Crippen LogP contribution in [-0.4, -0.2) is 70.6 Å². The molecule has 4 rings (SSSR count). The zero-order valence-electron chi connectivity index (χ0n) is 16.1. The van der Waals surface area contributed by atoms with Gasteiger partial charge in [0.25, 0.3) is 0 Å². The second kappa shape index (κ2) is 8.52. The molecule has 0 bridgehead atoms. The van der Waals surface area contributed by atoms with Gasteiger partial charge in [0, 0.05) is 50.9 Å². The molecular weight excluding hydrogens is 394 g/mol. The van der Waals surface area contributed by atoms with Crippen molar-refractivity contribution in [3.8, 4) is 5.75 Å². The molecular formula is C19H22ClN7O2. The van der Waals surface area contributed by atoms with Gasteiger partial charge in [-0.15, -0.1) is 0 Å². The minimum absolute atomic E-state index is 0.115. The number of nitrogens with one attached hydrogen (secondary N) is 2. The van der Waals surface area contributed by atoms with E-state index in [2.05, 4.69) is 36.2 Å². The zero-order chi connectivity index (χ0) is 20.2. The number of aromatic amines is 1. The number of rotatable bonds is 6. The minimum atomic E-state index is 0.115. The second-order valence-corrected chi connectivity index (χ2v) is 7.03. The number of hydrogen-bond acceptors (Lipinski definition) is 7. The number of benzene rings is 1. The first-order valence-corrected chi connectivity index (χ1v) is 9.79. The van der Waals surface area contributed by atoms with E-state index < -0.39 is 0 Å². The number of halogens is 1. The van der Waals surface area contributed by atoms with Gasteiger partial charge in [-0.25, -0.2) is 4.98 Å². The first kappa shape index (κ1) is 19.3. The lowest BCUT2D eigenvalue weighted by Crippen LogP contribution is -2.49. The summed E-state index contributed by atoms with van der Waals surface area (Å²) in [7, 11) is 1.66. The molecule has 3 heterocycles. The molecule has 0 unspecified atom stereocenters. The highest BCUT2D eigenvalue weighted by atomic mass is 35.5. The van der Waals surface area contributed by atoms with Crippen molar-refractivity contribution in [1.29, 1.82) is 0 Å². The van der Waals surface area contributed by atoms with Crippen LogP contribution in [0.5, 0.6) is 5.75 Å². The second-order valence-electron chi connectivity index (χ2n) is 6.69. The number of piperazine rings is 1. The number of hydrogen-bond donors (Lipinski definition) is 2. The van der Waals surface area contributed by atoms with Gasteiger partial charge in [-0.3, -0.25) is 4.79 Å². The number of carbonyl (C=O) groups is 1. The number of anilines is 2. The minimum Gasteiger partial charge on any atom is -0.497 e. The van der Waals surface area contributed by atoms with E-state index in [4.69, 9.17) is 16.3 Å². The predicted molar refractivity (Wildman–Crippen MR) is 112 cm³/mol. The number of aromatic nitrogens is 4. The molecule has 9 nitrogen and oxygen atoms in total. The molecule has 1 saturated heterocycles. The summed E-state index contributed by atoms with van der Waals surface area (Å²) in [5.41, 5.74) is 2.28. The molecule has 0 saturated carbocycles. The predicted octanol–water partition coefficient (Wildman–Crippen LogP) is 2.17. The smallest absolute Gasteiger partial charge is 0.226 e. The summed E-state index contributed by atoms with van der Waals surface area (Å²) >= 11 is 5.92. The average molecular weight is 416 g/mol. The number of methoxy groups -OCH3 is 1. The van der Waals surface area contributed by atoms with Crippen LogP contribution in [0.4, 0.5) is 11.5 Å². The van der Waals surface area contributed by atoms with Crippen LogP contribution in [0.15, 0.2) is 30.6 Å². The van der Waals surface area contributed by atoms with Gasteiger partial charge in [0.05, 0.1) is 13.4 Å². The first-order chi connectivity index (χ1) is 14.1. The highest BCUT2D eigenvalue weighted by Crippen LogP contribution is 2.22. The zero-order valence-corrected chi connectivity index (χ0v) is 16.8. The first-order valence-electron chi connectivity index (χ1n) is 9.41. The molecule has 0 spiro atoms. The number of amides is 1. The molecule has 1 amide bonds. The van der Waals surface area contributed by atoms with Crippen LogP contribution in [-0.2, 0) is 4.79 Å². The Hall–Kier alpha value is -3.07. The van der Waals surface area contributed by atoms with Crippen molar-refractivity contribution in [2.75, 3.05) is 50.1 Å². The highest BCUT2D eigenvalue weighted by molar-refractivity contribution is 6.28. The van der Waals surface area contributed by atoms with Gasteiger partial charge in [-0.05, 0) is 23.7 Å². The van der Waals surface area contributed by atoms with Gasteiger partial charge in [0.1, 0.15) is 11.3 Å². The summed E-state index contributed by atoms with van der Waals surface area (Å²) < 4.78 is 5.29. The summed E-state index contributed by atoms with van der Waals surface area (Å²) in [5, 5.41) is 3.27. The molecule has 1 aliphatic rings. The maximum absolute atomic E-state index is 12.6. The topological polar surface area (TPSA) is 99.3 Å². The van der Waals surface area contributed by atoms with Crippen molar-refractivity contribution >= 4 is 40.2 Å². The van der Waals surface area contributed by atoms with Crippen LogP contribution in [0.25, 0.3) is 11.2 Å². The maximum atomic E-state index is 12.6. The average Bonchev–Trinajstić information content (AvgIpc) is 3.22. The largest absolute Gasteiger partial charge is 0.497 e. The third kappa shape index (κ3) is 4.34. The molecule has 2 N–H and O–H groups in total. The van der Waals surface area contributed by atoms with E-state index in [1.54, 1.807) is 7.11 Å². The molecule has 29 heavy (non-hydrogen) atoms. The van der Waals surface area contributed by atoms with Crippen LogP contribution in [0.2, 0.25) is 5.28 Å². The Morgan fingerprint density at radius 3 is 2.90 bits per heavy atom. The van der Waals surface area contributed by atoms with E-state index in [-0.39, 0.29) is 11.2 Å². The fraction of sp³-hybridized carbons (Fsp3) is 0.368. The van der Waals surface area contributed by atoms with Crippen molar-refractivity contribution in [3.63, 3.8) is 0 Å². The summed E-state index contributed by atoms with van der Waals surface area (Å²) in [6, 6.07) is 7.99. The molecule has 1 aromatic carbocycles. The standard InChI is InChI=1S/C19H22ClN7O2/c1-29-14-4-2-3-13(11-14)26-7-9-27(10-8-26)15(28)5-6-21-17-16-18(23-12-22-16)25-19(20)24-17/h2-4,11-12H,5-10H2,1H3,(H2,21,22,23,24,25). The third-order valence-electron chi connectivity index (χ3n) is 4.94. The van der Waals surface area contributed by atoms with Gasteiger partial charge in [-0.1, -0.05) is 6.07 Å². The highest BCUT2D eigenvalue weighted by Gasteiger charge is 2.21. The molecule has 2 aromatic heterocycles. The van der Waals surface area contributed by atoms with E-state index in [0.717, 1.165) is 24.5 Å². The summed E-state index contributed by atoms with van der Waals surface area (Å²) in [5.74, 6) is 1.50. The van der Waals surface area contributed by atoms with Gasteiger partial charge < -0.3 is 24.8 Å². The molecule has 0 atom stereocenters. The van der Waals surface area contributed by atoms with Crippen LogP contribution in [0, 0.1) is 0 Å². The van der Waals surface area contributed by atoms with Gasteiger partial charge >= 0.3 is 0 Å². The molecule has 1 fully saturated rings. The fourth-order valence-corrected chi connectivity index (χ4v) is 3.57. The normalized spacial score (nSPS) is 14.3. The maximum Gasteiger partial charge on any atom is 0.226 e. The van der Waals surface area contributed by atoms with Crippen molar-refractivity contribution < 1.29 is 9.53 Å². The number of carbonyl (C=O) groups excluding carboxylic acids is 1. The molecule has 10 heteroatoms. The lowest BCUT2D eigenvalue weighted by atomic mass is 10.2.